The van der Waals surface area contributed by atoms with E-state index < -0.39 is 30.2 Å². The van der Waals surface area contributed by atoms with Crippen molar-refractivity contribution in [2.24, 2.45) is 5.92 Å². The molecule has 0 saturated heterocycles. The standard InChI is InChI=1S/C22H24FNO6/c1-3-20(25)29-14(2)30-22(28)24-13-17(21(26)27)12-16-6-4-5-7-19(16)15-8-10-18(23)11-9-15/h4-11,14,17H,3,12-13H2,1-2H3,(H,24,28)(H,26,27)/t14-,17-/m0/s1. The fourth-order valence-electron chi connectivity index (χ4n) is 2.81. The van der Waals surface area contributed by atoms with E-state index in [9.17, 15) is 23.9 Å². The van der Waals surface area contributed by atoms with Crippen LogP contribution in [0.5, 0.6) is 0 Å². The van der Waals surface area contributed by atoms with Crippen LogP contribution in [0.3, 0.4) is 0 Å². The number of carbonyl (C=O) groups excluding carboxylic acids is 2. The van der Waals surface area contributed by atoms with Crippen LogP contribution in [-0.4, -0.2) is 36.0 Å². The minimum atomic E-state index is -1.09. The molecule has 2 N–H and O–H groups in total. The number of amides is 1. The molecule has 8 heteroatoms. The van der Waals surface area contributed by atoms with Gasteiger partial charge in [-0.3, -0.25) is 9.59 Å². The summed E-state index contributed by atoms with van der Waals surface area (Å²) in [4.78, 5) is 34.8. The lowest BCUT2D eigenvalue weighted by Gasteiger charge is -2.18. The van der Waals surface area contributed by atoms with Crippen LogP contribution in [0.1, 0.15) is 25.8 Å². The van der Waals surface area contributed by atoms with Crippen LogP contribution in [0.2, 0.25) is 0 Å². The maximum Gasteiger partial charge on any atom is 0.410 e. The maximum atomic E-state index is 13.2. The average Bonchev–Trinajstić information content (AvgIpc) is 2.71. The zero-order valence-electron chi connectivity index (χ0n) is 16.8. The van der Waals surface area contributed by atoms with Gasteiger partial charge in [0, 0.05) is 19.9 Å². The number of benzene rings is 2. The number of ether oxygens (including phenoxy) is 2. The second kappa shape index (κ2) is 10.9. The lowest BCUT2D eigenvalue weighted by molar-refractivity contribution is -0.164. The minimum Gasteiger partial charge on any atom is -0.481 e. The van der Waals surface area contributed by atoms with E-state index in [0.717, 1.165) is 16.7 Å². The Balaban J connectivity index is 2.03. The largest absolute Gasteiger partial charge is 0.481 e. The second-order valence-corrected chi connectivity index (χ2v) is 6.60. The van der Waals surface area contributed by atoms with Crippen molar-refractivity contribution < 1.29 is 33.4 Å². The molecule has 30 heavy (non-hydrogen) atoms. The average molecular weight is 417 g/mol. The van der Waals surface area contributed by atoms with Crippen LogP contribution in [0.25, 0.3) is 11.1 Å². The third-order valence-corrected chi connectivity index (χ3v) is 4.34. The fraction of sp³-hybridized carbons (Fsp3) is 0.318. The van der Waals surface area contributed by atoms with Crippen molar-refractivity contribution in [3.63, 3.8) is 0 Å². The van der Waals surface area contributed by atoms with E-state index in [1.807, 2.05) is 12.1 Å². The number of hydrogen-bond donors (Lipinski definition) is 2. The summed E-state index contributed by atoms with van der Waals surface area (Å²) in [6.07, 6.45) is -1.68. The van der Waals surface area contributed by atoms with Crippen molar-refractivity contribution in [2.45, 2.75) is 33.0 Å². The topological polar surface area (TPSA) is 102 Å². The summed E-state index contributed by atoms with van der Waals surface area (Å²) in [7, 11) is 0. The van der Waals surface area contributed by atoms with E-state index >= 15 is 0 Å². The van der Waals surface area contributed by atoms with Gasteiger partial charge in [-0.15, -0.1) is 0 Å². The normalized spacial score (nSPS) is 12.5. The molecular formula is C22H24FNO6. The quantitative estimate of drug-likeness (QED) is 0.476. The van der Waals surface area contributed by atoms with Crippen molar-refractivity contribution in [2.75, 3.05) is 6.54 Å². The molecule has 0 aliphatic rings. The number of aliphatic carboxylic acids is 1. The van der Waals surface area contributed by atoms with E-state index in [2.05, 4.69) is 5.32 Å². The number of halogens is 1. The molecule has 0 aliphatic heterocycles. The molecule has 0 aromatic heterocycles. The van der Waals surface area contributed by atoms with Crippen molar-refractivity contribution in [3.05, 3.63) is 59.9 Å². The van der Waals surface area contributed by atoms with Gasteiger partial charge < -0.3 is 19.9 Å². The Morgan fingerprint density at radius 3 is 2.37 bits per heavy atom. The SMILES string of the molecule is CCC(=O)O[C@H](C)OC(=O)NC[C@H](Cc1ccccc1-c1ccc(F)cc1)C(=O)O. The highest BCUT2D eigenvalue weighted by molar-refractivity contribution is 5.74. The lowest BCUT2D eigenvalue weighted by Crippen LogP contribution is -2.36. The number of esters is 1. The molecule has 0 radical (unpaired) electrons. The van der Waals surface area contributed by atoms with E-state index in [1.54, 1.807) is 31.2 Å². The summed E-state index contributed by atoms with van der Waals surface area (Å²) in [5.74, 6) is -2.89. The zero-order chi connectivity index (χ0) is 22.1. The number of hydrogen-bond acceptors (Lipinski definition) is 5. The van der Waals surface area contributed by atoms with Gasteiger partial charge in [0.25, 0.3) is 0 Å². The van der Waals surface area contributed by atoms with Crippen molar-refractivity contribution in [3.8, 4) is 11.1 Å². The number of carbonyl (C=O) groups is 3. The summed E-state index contributed by atoms with van der Waals surface area (Å²) in [5.41, 5.74) is 2.29. The number of nitrogens with one attached hydrogen (secondary N) is 1. The third-order valence-electron chi connectivity index (χ3n) is 4.34. The summed E-state index contributed by atoms with van der Waals surface area (Å²) in [6.45, 7) is 2.82. The van der Waals surface area contributed by atoms with Gasteiger partial charge >= 0.3 is 18.0 Å². The molecule has 2 atom stereocenters. The van der Waals surface area contributed by atoms with Crippen LogP contribution < -0.4 is 5.32 Å². The molecule has 1 amide bonds. The Morgan fingerprint density at radius 1 is 1.07 bits per heavy atom. The molecule has 160 valence electrons. The molecule has 2 rings (SSSR count). The molecule has 7 nitrogen and oxygen atoms in total. The van der Waals surface area contributed by atoms with Gasteiger partial charge in [0.15, 0.2) is 0 Å². The fourth-order valence-corrected chi connectivity index (χ4v) is 2.81. The molecule has 0 aliphatic carbocycles. The van der Waals surface area contributed by atoms with Gasteiger partial charge in [-0.25, -0.2) is 9.18 Å². The smallest absolute Gasteiger partial charge is 0.410 e. The van der Waals surface area contributed by atoms with E-state index in [0.29, 0.717) is 0 Å². The van der Waals surface area contributed by atoms with Crippen LogP contribution >= 0.6 is 0 Å². The van der Waals surface area contributed by atoms with Crippen LogP contribution in [-0.2, 0) is 25.5 Å². The number of carboxylic acids is 1. The first-order valence-corrected chi connectivity index (χ1v) is 9.50. The highest BCUT2D eigenvalue weighted by Gasteiger charge is 2.22. The Morgan fingerprint density at radius 2 is 1.73 bits per heavy atom. The highest BCUT2D eigenvalue weighted by atomic mass is 19.1. The zero-order valence-corrected chi connectivity index (χ0v) is 16.8. The first kappa shape index (κ1) is 22.9. The molecule has 0 bridgehead atoms. The van der Waals surface area contributed by atoms with E-state index in [-0.39, 0.29) is 25.2 Å². The van der Waals surface area contributed by atoms with Crippen LogP contribution in [0.15, 0.2) is 48.5 Å². The third kappa shape index (κ3) is 6.88. The predicted molar refractivity (Wildman–Crippen MR) is 107 cm³/mol. The van der Waals surface area contributed by atoms with Gasteiger partial charge in [0.2, 0.25) is 6.29 Å². The molecule has 0 saturated carbocycles. The molecular weight excluding hydrogens is 393 g/mol. The van der Waals surface area contributed by atoms with E-state index in [4.69, 9.17) is 9.47 Å². The summed E-state index contributed by atoms with van der Waals surface area (Å²) < 4.78 is 22.9. The van der Waals surface area contributed by atoms with Gasteiger partial charge in [-0.05, 0) is 35.2 Å². The Labute approximate surface area is 173 Å². The Bertz CT molecular complexity index is 883. The highest BCUT2D eigenvalue weighted by Crippen LogP contribution is 2.26. The predicted octanol–water partition coefficient (Wildman–Crippen LogP) is 3.76. The van der Waals surface area contributed by atoms with Crippen molar-refractivity contribution in [1.82, 2.24) is 5.32 Å². The molecule has 0 spiro atoms. The minimum absolute atomic E-state index is 0.142. The van der Waals surface area contributed by atoms with Gasteiger partial charge in [0.1, 0.15) is 5.82 Å². The maximum absolute atomic E-state index is 13.2. The van der Waals surface area contributed by atoms with E-state index in [1.165, 1.54) is 19.1 Å². The Hall–Kier alpha value is -3.42. The molecule has 2 aromatic carbocycles. The molecule has 0 unspecified atom stereocenters. The summed E-state index contributed by atoms with van der Waals surface area (Å²) in [6, 6.07) is 13.1. The summed E-state index contributed by atoms with van der Waals surface area (Å²) >= 11 is 0. The number of carboxylic acid groups (broad SMARTS) is 1. The van der Waals surface area contributed by atoms with Gasteiger partial charge in [-0.2, -0.15) is 0 Å². The molecule has 2 aromatic rings. The van der Waals surface area contributed by atoms with Crippen LogP contribution in [0, 0.1) is 11.7 Å². The number of alkyl carbamates (subject to hydrolysis) is 1. The summed E-state index contributed by atoms with van der Waals surface area (Å²) in [5, 5.41) is 12.0. The van der Waals surface area contributed by atoms with Gasteiger partial charge in [-0.1, -0.05) is 43.3 Å². The van der Waals surface area contributed by atoms with Crippen molar-refractivity contribution >= 4 is 18.0 Å². The molecule has 0 fully saturated rings. The monoisotopic (exact) mass is 417 g/mol. The lowest BCUT2D eigenvalue weighted by atomic mass is 9.92. The first-order chi connectivity index (χ1) is 14.3. The number of rotatable bonds is 9. The first-order valence-electron chi connectivity index (χ1n) is 9.50. The van der Waals surface area contributed by atoms with Gasteiger partial charge in [0.05, 0.1) is 5.92 Å². The molecule has 0 heterocycles. The van der Waals surface area contributed by atoms with Crippen LogP contribution in [0.4, 0.5) is 9.18 Å². The van der Waals surface area contributed by atoms with Crippen molar-refractivity contribution in [1.29, 1.82) is 0 Å². The second-order valence-electron chi connectivity index (χ2n) is 6.60. The Kier molecular flexibility index (Phi) is 8.34.